The summed E-state index contributed by atoms with van der Waals surface area (Å²) in [4.78, 5) is 10.8. The van der Waals surface area contributed by atoms with Gasteiger partial charge in [-0.15, -0.1) is 0 Å². The zero-order chi connectivity index (χ0) is 12.5. The third-order valence-corrected chi connectivity index (χ3v) is 4.72. The number of ether oxygens (including phenoxy) is 1. The van der Waals surface area contributed by atoms with E-state index < -0.39 is 5.97 Å². The van der Waals surface area contributed by atoms with Crippen LogP contribution in [-0.2, 0) is 9.53 Å². The van der Waals surface area contributed by atoms with Crippen LogP contribution >= 0.6 is 8.35 Å². The third kappa shape index (κ3) is 3.06. The van der Waals surface area contributed by atoms with Crippen LogP contribution in [0.25, 0.3) is 0 Å². The molecule has 1 N–H and O–H groups in total. The Hall–Kier alpha value is -0.440. The van der Waals surface area contributed by atoms with E-state index in [9.17, 15) is 4.79 Å². The van der Waals surface area contributed by atoms with Crippen LogP contribution in [0.2, 0.25) is 0 Å². The van der Waals surface area contributed by atoms with Crippen molar-refractivity contribution in [2.75, 3.05) is 19.7 Å². The van der Waals surface area contributed by atoms with Crippen molar-refractivity contribution in [3.63, 3.8) is 0 Å². The highest BCUT2D eigenvalue weighted by atomic mass is 31.1. The van der Waals surface area contributed by atoms with Gasteiger partial charge in [0.05, 0.1) is 18.6 Å². The summed E-state index contributed by atoms with van der Waals surface area (Å²) in [6.07, 6.45) is 7.00. The van der Waals surface area contributed by atoms with Crippen molar-refractivity contribution >= 4 is 20.6 Å². The van der Waals surface area contributed by atoms with Gasteiger partial charge in [0.2, 0.25) is 0 Å². The highest BCUT2D eigenvalue weighted by Gasteiger charge is 2.55. The van der Waals surface area contributed by atoms with Crippen molar-refractivity contribution in [3.05, 3.63) is 0 Å². The number of carbonyl (C=O) groups is 1. The number of hydrogen-bond donors (Lipinski definition) is 1. The van der Waals surface area contributed by atoms with Gasteiger partial charge >= 0.3 is 5.97 Å². The molecule has 1 aliphatic carbocycles. The fourth-order valence-corrected chi connectivity index (χ4v) is 2.92. The number of rotatable bonds is 5. The minimum absolute atomic E-state index is 0.118. The molecule has 1 saturated carbocycles. The maximum absolute atomic E-state index is 10.8. The van der Waals surface area contributed by atoms with Crippen molar-refractivity contribution in [3.8, 4) is 0 Å². The normalized spacial score (nSPS) is 35.0. The van der Waals surface area contributed by atoms with Gasteiger partial charge in [0, 0.05) is 18.5 Å². The lowest BCUT2D eigenvalue weighted by Gasteiger charge is -2.29. The molecule has 2 atom stereocenters. The molecule has 2 rings (SSSR count). The van der Waals surface area contributed by atoms with Crippen molar-refractivity contribution in [1.82, 2.24) is 4.67 Å². The fraction of sp³-hybridized carbons (Fsp3) is 0.833. The summed E-state index contributed by atoms with van der Waals surface area (Å²) in [6.45, 7) is 4.68. The Morgan fingerprint density at radius 1 is 1.59 bits per heavy atom. The van der Waals surface area contributed by atoms with Gasteiger partial charge in [-0.25, -0.2) is 0 Å². The van der Waals surface area contributed by atoms with Crippen LogP contribution in [-0.4, -0.2) is 47.8 Å². The maximum atomic E-state index is 10.8. The summed E-state index contributed by atoms with van der Waals surface area (Å²) in [5, 5.41) is 8.92. The Kier molecular flexibility index (Phi) is 3.86. The number of piperidine rings is 1. The van der Waals surface area contributed by atoms with Crippen molar-refractivity contribution < 1.29 is 14.6 Å². The van der Waals surface area contributed by atoms with Crippen LogP contribution in [0, 0.1) is 11.3 Å². The molecule has 0 aromatic heterocycles. The molecule has 0 bridgehead atoms. The quantitative estimate of drug-likeness (QED) is 0.764. The van der Waals surface area contributed by atoms with E-state index in [1.807, 2.05) is 6.92 Å². The third-order valence-electron chi connectivity index (χ3n) is 3.92. The summed E-state index contributed by atoms with van der Waals surface area (Å²) in [5.41, 5.74) is -0.118. The average molecular weight is 257 g/mol. The molecule has 0 aromatic carbocycles. The largest absolute Gasteiger partial charge is 0.481 e. The molecule has 1 saturated heterocycles. The van der Waals surface area contributed by atoms with Crippen molar-refractivity contribution in [2.45, 2.75) is 32.3 Å². The van der Waals surface area contributed by atoms with Crippen LogP contribution in [0.15, 0.2) is 0 Å². The maximum Gasteiger partial charge on any atom is 0.307 e. The lowest BCUT2D eigenvalue weighted by Crippen LogP contribution is -2.32. The molecule has 2 unspecified atom stereocenters. The fourth-order valence-electron chi connectivity index (χ4n) is 2.41. The van der Waals surface area contributed by atoms with E-state index in [-0.39, 0.29) is 11.3 Å². The summed E-state index contributed by atoms with van der Waals surface area (Å²) in [6, 6.07) is 0. The number of hydrogen-bond acceptors (Lipinski definition) is 3. The van der Waals surface area contributed by atoms with E-state index >= 15 is 0 Å². The Labute approximate surface area is 104 Å². The van der Waals surface area contributed by atoms with Gasteiger partial charge in [0.15, 0.2) is 0 Å². The zero-order valence-corrected chi connectivity index (χ0v) is 11.2. The average Bonchev–Trinajstić information content (AvgIpc) is 3.01. The van der Waals surface area contributed by atoms with Gasteiger partial charge in [0.1, 0.15) is 0 Å². The first-order valence-corrected chi connectivity index (χ1v) is 7.14. The van der Waals surface area contributed by atoms with Crippen LogP contribution in [0.3, 0.4) is 0 Å². The molecule has 0 radical (unpaired) electrons. The molecule has 1 heterocycles. The molecule has 0 aromatic rings. The molecule has 1 aliphatic heterocycles. The van der Waals surface area contributed by atoms with Crippen molar-refractivity contribution in [2.24, 2.45) is 11.3 Å². The Bertz CT molecular complexity index is 315. The van der Waals surface area contributed by atoms with Crippen molar-refractivity contribution in [1.29, 1.82) is 0 Å². The second-order valence-corrected chi connectivity index (χ2v) is 6.20. The molecule has 4 nitrogen and oxygen atoms in total. The lowest BCUT2D eigenvalue weighted by molar-refractivity contribution is -0.140. The van der Waals surface area contributed by atoms with E-state index in [1.54, 1.807) is 0 Å². The molecular formula is C12H20NO3P. The zero-order valence-electron chi connectivity index (χ0n) is 10.3. The second-order valence-electron chi connectivity index (χ2n) is 5.35. The van der Waals surface area contributed by atoms with Crippen LogP contribution < -0.4 is 0 Å². The number of nitrogens with zero attached hydrogens (tertiary/aromatic N) is 1. The SMILES string of the molecule is C=PN1CCC(OCC2(C)CC2C(=O)O)CC1. The number of carboxylic acids is 1. The number of aliphatic carboxylic acids is 1. The van der Waals surface area contributed by atoms with Crippen LogP contribution in [0.5, 0.6) is 0 Å². The van der Waals surface area contributed by atoms with E-state index in [2.05, 4.69) is 11.0 Å². The van der Waals surface area contributed by atoms with Gasteiger partial charge in [0.25, 0.3) is 0 Å². The van der Waals surface area contributed by atoms with Gasteiger partial charge in [-0.2, -0.15) is 0 Å². The standard InChI is InChI=1S/C12H20NO3P/c1-12(7-10(12)11(14)15)8-16-9-3-5-13(17-2)6-4-9/h9-10H,2-8H2,1H3,(H,14,15). The second kappa shape index (κ2) is 5.05. The summed E-state index contributed by atoms with van der Waals surface area (Å²) < 4.78 is 8.16. The molecule has 0 amide bonds. The van der Waals surface area contributed by atoms with Gasteiger partial charge in [-0.05, 0) is 27.6 Å². The van der Waals surface area contributed by atoms with Crippen LogP contribution in [0.4, 0.5) is 0 Å². The predicted molar refractivity (Wildman–Crippen MR) is 68.4 cm³/mol. The first kappa shape index (κ1) is 13.0. The van der Waals surface area contributed by atoms with E-state index in [1.165, 1.54) is 0 Å². The summed E-state index contributed by atoms with van der Waals surface area (Å²) in [5.74, 6) is -0.872. The Balaban J connectivity index is 1.70. The lowest BCUT2D eigenvalue weighted by atomic mass is 10.1. The monoisotopic (exact) mass is 257 g/mol. The highest BCUT2D eigenvalue weighted by molar-refractivity contribution is 7.33. The minimum atomic E-state index is -0.679. The van der Waals surface area contributed by atoms with Crippen LogP contribution in [0.1, 0.15) is 26.2 Å². The number of carboxylic acid groups (broad SMARTS) is 1. The Morgan fingerprint density at radius 3 is 2.71 bits per heavy atom. The molecule has 5 heteroatoms. The molecule has 17 heavy (non-hydrogen) atoms. The smallest absolute Gasteiger partial charge is 0.307 e. The summed E-state index contributed by atoms with van der Waals surface area (Å²) in [7, 11) is 1.09. The van der Waals surface area contributed by atoms with E-state index in [0.717, 1.165) is 40.7 Å². The first-order valence-electron chi connectivity index (χ1n) is 6.11. The minimum Gasteiger partial charge on any atom is -0.481 e. The van der Waals surface area contributed by atoms with E-state index in [0.29, 0.717) is 12.7 Å². The topological polar surface area (TPSA) is 49.8 Å². The first-order chi connectivity index (χ1) is 8.05. The molecule has 2 aliphatic rings. The van der Waals surface area contributed by atoms with Gasteiger partial charge in [-0.3, -0.25) is 9.46 Å². The predicted octanol–water partition coefficient (Wildman–Crippen LogP) is 1.87. The van der Waals surface area contributed by atoms with Gasteiger partial charge in [-0.1, -0.05) is 13.2 Å². The highest BCUT2D eigenvalue weighted by Crippen LogP contribution is 2.52. The molecule has 96 valence electrons. The Morgan fingerprint density at radius 2 is 2.24 bits per heavy atom. The molecule has 2 fully saturated rings. The molecular weight excluding hydrogens is 237 g/mol. The van der Waals surface area contributed by atoms with E-state index in [4.69, 9.17) is 9.84 Å². The summed E-state index contributed by atoms with van der Waals surface area (Å²) >= 11 is 0. The van der Waals surface area contributed by atoms with Gasteiger partial charge < -0.3 is 9.84 Å². The molecule has 0 spiro atoms.